The topological polar surface area (TPSA) is 76.1 Å². The van der Waals surface area contributed by atoms with Gasteiger partial charge in [0.2, 0.25) is 5.91 Å². The zero-order valence-corrected chi connectivity index (χ0v) is 14.8. The van der Waals surface area contributed by atoms with E-state index in [1.165, 1.54) is 18.3 Å². The first-order chi connectivity index (χ1) is 11.6. The highest BCUT2D eigenvalue weighted by Crippen LogP contribution is 2.30. The number of nitrogens with one attached hydrogen (secondary N) is 2. The average molecular weight is 360 g/mol. The Morgan fingerprint density at radius 3 is 3.04 bits per heavy atom. The highest BCUT2D eigenvalue weighted by Gasteiger charge is 2.09. The lowest BCUT2D eigenvalue weighted by Gasteiger charge is -2.06. The van der Waals surface area contributed by atoms with E-state index in [9.17, 15) is 4.79 Å². The summed E-state index contributed by atoms with van der Waals surface area (Å²) in [6.07, 6.45) is 1.73. The Kier molecular flexibility index (Phi) is 5.07. The van der Waals surface area contributed by atoms with E-state index in [1.807, 2.05) is 29.6 Å². The highest BCUT2D eigenvalue weighted by molar-refractivity contribution is 7.19. The van der Waals surface area contributed by atoms with E-state index in [4.69, 9.17) is 4.74 Å². The number of aromatic nitrogens is 2. The molecular formula is C16H16N4O2S2. The largest absolute Gasteiger partial charge is 0.497 e. The fraction of sp³-hybridized carbons (Fsp3) is 0.188. The second-order valence-electron chi connectivity index (χ2n) is 4.92. The van der Waals surface area contributed by atoms with Crippen molar-refractivity contribution in [1.29, 1.82) is 0 Å². The second-order valence-corrected chi connectivity index (χ2v) is 6.90. The van der Waals surface area contributed by atoms with Gasteiger partial charge in [0.15, 0.2) is 5.13 Å². The van der Waals surface area contributed by atoms with E-state index < -0.39 is 0 Å². The minimum Gasteiger partial charge on any atom is -0.497 e. The number of carbonyl (C=O) groups excluding carboxylic acids is 1. The molecule has 0 aliphatic carbocycles. The van der Waals surface area contributed by atoms with Crippen LogP contribution in [0, 0.1) is 0 Å². The van der Waals surface area contributed by atoms with Crippen molar-refractivity contribution in [2.24, 2.45) is 0 Å². The predicted octanol–water partition coefficient (Wildman–Crippen LogP) is 3.85. The summed E-state index contributed by atoms with van der Waals surface area (Å²) in [5.41, 5.74) is 1.85. The van der Waals surface area contributed by atoms with E-state index in [2.05, 4.69) is 20.6 Å². The Morgan fingerprint density at radius 2 is 2.25 bits per heavy atom. The highest BCUT2D eigenvalue weighted by atomic mass is 32.1. The molecule has 8 heteroatoms. The van der Waals surface area contributed by atoms with E-state index in [0.29, 0.717) is 11.7 Å². The summed E-state index contributed by atoms with van der Waals surface area (Å²) in [6.45, 7) is 2.10. The molecule has 124 valence electrons. The van der Waals surface area contributed by atoms with Crippen molar-refractivity contribution in [2.45, 2.75) is 13.5 Å². The Hall–Kier alpha value is -2.45. The van der Waals surface area contributed by atoms with E-state index >= 15 is 0 Å². The summed E-state index contributed by atoms with van der Waals surface area (Å²) >= 11 is 2.99. The maximum Gasteiger partial charge on any atom is 0.223 e. The number of anilines is 2. The van der Waals surface area contributed by atoms with Crippen molar-refractivity contribution in [3.05, 3.63) is 40.8 Å². The van der Waals surface area contributed by atoms with Gasteiger partial charge in [0.05, 0.1) is 24.2 Å². The predicted molar refractivity (Wildman–Crippen MR) is 97.8 cm³/mol. The maximum atomic E-state index is 11.1. The Morgan fingerprint density at radius 1 is 1.38 bits per heavy atom. The molecule has 1 aromatic carbocycles. The molecule has 0 bridgehead atoms. The Balaban J connectivity index is 1.64. The molecule has 0 spiro atoms. The van der Waals surface area contributed by atoms with Crippen LogP contribution in [0.5, 0.6) is 5.75 Å². The first-order valence-corrected chi connectivity index (χ1v) is 8.90. The van der Waals surface area contributed by atoms with Gasteiger partial charge in [0.25, 0.3) is 0 Å². The molecule has 24 heavy (non-hydrogen) atoms. The fourth-order valence-electron chi connectivity index (χ4n) is 2.02. The number of ether oxygens (including phenoxy) is 1. The van der Waals surface area contributed by atoms with Gasteiger partial charge >= 0.3 is 0 Å². The van der Waals surface area contributed by atoms with E-state index in [1.54, 1.807) is 24.6 Å². The van der Waals surface area contributed by atoms with Gasteiger partial charge in [-0.15, -0.1) is 11.3 Å². The number of carbonyl (C=O) groups is 1. The third-order valence-electron chi connectivity index (χ3n) is 3.11. The summed E-state index contributed by atoms with van der Waals surface area (Å²) < 4.78 is 5.21. The van der Waals surface area contributed by atoms with Crippen molar-refractivity contribution >= 4 is 39.4 Å². The molecule has 1 amide bonds. The number of methoxy groups -OCH3 is 1. The smallest absolute Gasteiger partial charge is 0.223 e. The third kappa shape index (κ3) is 4.09. The lowest BCUT2D eigenvalue weighted by Crippen LogP contribution is -2.04. The lowest BCUT2D eigenvalue weighted by molar-refractivity contribution is -0.114. The fourth-order valence-corrected chi connectivity index (χ4v) is 3.65. The van der Waals surface area contributed by atoms with Crippen LogP contribution in [0.15, 0.2) is 35.8 Å². The third-order valence-corrected chi connectivity index (χ3v) is 4.89. The van der Waals surface area contributed by atoms with Gasteiger partial charge < -0.3 is 15.4 Å². The van der Waals surface area contributed by atoms with Gasteiger partial charge in [-0.25, -0.2) is 9.97 Å². The summed E-state index contributed by atoms with van der Waals surface area (Å²) in [4.78, 5) is 20.8. The zero-order valence-electron chi connectivity index (χ0n) is 13.2. The minimum atomic E-state index is -0.127. The van der Waals surface area contributed by atoms with Crippen molar-refractivity contribution in [3.8, 4) is 16.3 Å². The van der Waals surface area contributed by atoms with Crippen molar-refractivity contribution < 1.29 is 9.53 Å². The molecule has 0 atom stereocenters. The molecule has 3 rings (SSSR count). The SMILES string of the molecule is COc1cccc(NCc2nc(-c3cnc(NC(C)=O)s3)cs2)c1. The molecule has 0 aliphatic rings. The van der Waals surface area contributed by atoms with Crippen LogP contribution in [-0.2, 0) is 11.3 Å². The molecule has 0 radical (unpaired) electrons. The standard InChI is InChI=1S/C16H16N4O2S2/c1-10(21)19-16-18-7-14(24-16)13-9-23-15(20-13)8-17-11-4-3-5-12(6-11)22-2/h3-7,9,17H,8H2,1-2H3,(H,18,19,21). The molecule has 0 saturated heterocycles. The van der Waals surface area contributed by atoms with Crippen LogP contribution in [-0.4, -0.2) is 23.0 Å². The van der Waals surface area contributed by atoms with Gasteiger partial charge in [-0.05, 0) is 12.1 Å². The number of amides is 1. The van der Waals surface area contributed by atoms with Crippen LogP contribution in [0.2, 0.25) is 0 Å². The van der Waals surface area contributed by atoms with Crippen molar-refractivity contribution in [3.63, 3.8) is 0 Å². The first-order valence-electron chi connectivity index (χ1n) is 7.20. The van der Waals surface area contributed by atoms with Gasteiger partial charge in [-0.3, -0.25) is 4.79 Å². The quantitative estimate of drug-likeness (QED) is 0.698. The maximum absolute atomic E-state index is 11.1. The number of nitrogens with zero attached hydrogens (tertiary/aromatic N) is 2. The minimum absolute atomic E-state index is 0.127. The monoisotopic (exact) mass is 360 g/mol. The van der Waals surface area contributed by atoms with E-state index in [-0.39, 0.29) is 5.91 Å². The lowest BCUT2D eigenvalue weighted by atomic mass is 10.3. The summed E-state index contributed by atoms with van der Waals surface area (Å²) in [5, 5.41) is 9.56. The molecule has 2 N–H and O–H groups in total. The number of rotatable bonds is 6. The normalized spacial score (nSPS) is 10.4. The molecule has 0 fully saturated rings. The Bertz CT molecular complexity index is 844. The number of hydrogen-bond acceptors (Lipinski definition) is 7. The molecule has 0 saturated carbocycles. The molecule has 2 aromatic heterocycles. The van der Waals surface area contributed by atoms with Crippen LogP contribution >= 0.6 is 22.7 Å². The number of benzene rings is 1. The molecule has 0 aliphatic heterocycles. The van der Waals surface area contributed by atoms with Crippen LogP contribution in [0.4, 0.5) is 10.8 Å². The van der Waals surface area contributed by atoms with Crippen molar-refractivity contribution in [2.75, 3.05) is 17.7 Å². The van der Waals surface area contributed by atoms with Crippen LogP contribution in [0.3, 0.4) is 0 Å². The van der Waals surface area contributed by atoms with Gasteiger partial charge in [0, 0.05) is 30.3 Å². The van der Waals surface area contributed by atoms with Crippen LogP contribution < -0.4 is 15.4 Å². The van der Waals surface area contributed by atoms with E-state index in [0.717, 1.165) is 27.0 Å². The van der Waals surface area contributed by atoms with Gasteiger partial charge in [-0.2, -0.15) is 0 Å². The van der Waals surface area contributed by atoms with Crippen LogP contribution in [0.1, 0.15) is 11.9 Å². The molecule has 2 heterocycles. The molecule has 3 aromatic rings. The Labute approximate surface area is 147 Å². The average Bonchev–Trinajstić information content (AvgIpc) is 3.21. The zero-order chi connectivity index (χ0) is 16.9. The summed E-state index contributed by atoms with van der Waals surface area (Å²) in [7, 11) is 1.65. The molecule has 6 nitrogen and oxygen atoms in total. The van der Waals surface area contributed by atoms with Gasteiger partial charge in [0.1, 0.15) is 10.8 Å². The number of thiazole rings is 2. The van der Waals surface area contributed by atoms with Crippen LogP contribution in [0.25, 0.3) is 10.6 Å². The van der Waals surface area contributed by atoms with Gasteiger partial charge in [-0.1, -0.05) is 17.4 Å². The first kappa shape index (κ1) is 16.4. The molecule has 0 unspecified atom stereocenters. The second kappa shape index (κ2) is 7.41. The summed E-state index contributed by atoms with van der Waals surface area (Å²) in [5.74, 6) is 0.687. The van der Waals surface area contributed by atoms with Crippen molar-refractivity contribution in [1.82, 2.24) is 9.97 Å². The number of hydrogen-bond donors (Lipinski definition) is 2. The summed E-state index contributed by atoms with van der Waals surface area (Å²) in [6, 6.07) is 7.77. The molecular weight excluding hydrogens is 344 g/mol.